The van der Waals surface area contributed by atoms with Gasteiger partial charge in [-0.15, -0.1) is 0 Å². The summed E-state index contributed by atoms with van der Waals surface area (Å²) in [6.45, 7) is 1.66. The molecular weight excluding hydrogens is 248 g/mol. The molecule has 0 saturated heterocycles. The third kappa shape index (κ3) is 1.88. The molecule has 104 valence electrons. The highest BCUT2D eigenvalue weighted by Crippen LogP contribution is 2.45. The van der Waals surface area contributed by atoms with E-state index in [0.717, 1.165) is 19.3 Å². The van der Waals surface area contributed by atoms with Crippen molar-refractivity contribution in [2.75, 3.05) is 0 Å². The summed E-state index contributed by atoms with van der Waals surface area (Å²) in [4.78, 5) is 11.8. The fourth-order valence-corrected chi connectivity index (χ4v) is 3.22. The highest BCUT2D eigenvalue weighted by Gasteiger charge is 2.50. The number of fused-ring (bicyclic) bond motifs is 1. The van der Waals surface area contributed by atoms with Crippen LogP contribution in [-0.4, -0.2) is 21.9 Å². The van der Waals surface area contributed by atoms with E-state index in [4.69, 9.17) is 9.15 Å². The van der Waals surface area contributed by atoms with Gasteiger partial charge in [-0.3, -0.25) is 0 Å². The van der Waals surface area contributed by atoms with Crippen molar-refractivity contribution in [3.05, 3.63) is 27.8 Å². The topological polar surface area (TPSA) is 79.9 Å². The van der Waals surface area contributed by atoms with E-state index in [-0.39, 0.29) is 5.56 Å². The summed E-state index contributed by atoms with van der Waals surface area (Å²) in [7, 11) is 0. The lowest BCUT2D eigenvalue weighted by Crippen LogP contribution is -2.55. The van der Waals surface area contributed by atoms with E-state index in [1.807, 2.05) is 0 Å². The highest BCUT2D eigenvalue weighted by atomic mass is 16.5. The molecule has 2 atom stereocenters. The number of ether oxygens (including phenoxy) is 1. The molecule has 3 rings (SSSR count). The van der Waals surface area contributed by atoms with E-state index in [1.54, 1.807) is 13.0 Å². The first-order chi connectivity index (χ1) is 9.03. The summed E-state index contributed by atoms with van der Waals surface area (Å²) in [5.74, 6) is 0.798. The lowest BCUT2D eigenvalue weighted by Gasteiger charge is -2.46. The smallest absolute Gasteiger partial charge is 0.345 e. The van der Waals surface area contributed by atoms with Gasteiger partial charge in [0.05, 0.1) is 0 Å². The van der Waals surface area contributed by atoms with Crippen LogP contribution in [0.15, 0.2) is 15.3 Å². The zero-order chi connectivity index (χ0) is 13.6. The summed E-state index contributed by atoms with van der Waals surface area (Å²) >= 11 is 0. The molecule has 1 aliphatic heterocycles. The number of hydrogen-bond acceptors (Lipinski definition) is 5. The maximum Gasteiger partial charge on any atom is 0.345 e. The molecule has 1 fully saturated rings. The number of rotatable bonds is 0. The van der Waals surface area contributed by atoms with Gasteiger partial charge in [0.2, 0.25) is 0 Å². The van der Waals surface area contributed by atoms with Crippen LogP contribution in [0.1, 0.15) is 49.5 Å². The Balaban J connectivity index is 2.10. The normalized spacial score (nSPS) is 28.8. The van der Waals surface area contributed by atoms with E-state index >= 15 is 0 Å². The van der Waals surface area contributed by atoms with Gasteiger partial charge in [-0.05, 0) is 32.6 Å². The van der Waals surface area contributed by atoms with Crippen molar-refractivity contribution < 1.29 is 19.4 Å². The first-order valence-corrected chi connectivity index (χ1v) is 6.73. The van der Waals surface area contributed by atoms with Gasteiger partial charge in [0.1, 0.15) is 34.9 Å². The van der Waals surface area contributed by atoms with Gasteiger partial charge in [-0.25, -0.2) is 4.79 Å². The van der Waals surface area contributed by atoms with Crippen LogP contribution < -0.4 is 10.4 Å². The van der Waals surface area contributed by atoms with Gasteiger partial charge >= 0.3 is 5.63 Å². The van der Waals surface area contributed by atoms with Crippen molar-refractivity contribution in [1.82, 2.24) is 0 Å². The minimum Gasteiger partial charge on any atom is -0.484 e. The Labute approximate surface area is 110 Å². The van der Waals surface area contributed by atoms with Gasteiger partial charge in [-0.1, -0.05) is 6.42 Å². The molecule has 1 aromatic heterocycles. The Hall–Kier alpha value is -1.33. The molecule has 1 spiro atoms. The van der Waals surface area contributed by atoms with Crippen molar-refractivity contribution in [1.29, 1.82) is 0 Å². The molecule has 0 radical (unpaired) electrons. The fourth-order valence-electron chi connectivity index (χ4n) is 3.22. The molecule has 0 amide bonds. The summed E-state index contributed by atoms with van der Waals surface area (Å²) in [5.41, 5.74) is -1.35. The molecule has 0 bridgehead atoms. The van der Waals surface area contributed by atoms with Crippen molar-refractivity contribution in [2.24, 2.45) is 0 Å². The lowest BCUT2D eigenvalue weighted by atomic mass is 9.76. The van der Waals surface area contributed by atoms with Crippen LogP contribution in [0.4, 0.5) is 0 Å². The Morgan fingerprint density at radius 2 is 1.95 bits per heavy atom. The standard InChI is InChI=1S/C14H18O5/c1-8-7-9-10(13(17)18-8)11(15)12(16)14(19-9)5-3-2-4-6-14/h7,11-12,15-16H,2-6H2,1H3/t11-,12-/m0/s1. The average Bonchev–Trinajstić information content (AvgIpc) is 2.36. The van der Waals surface area contributed by atoms with Crippen molar-refractivity contribution in [3.63, 3.8) is 0 Å². The highest BCUT2D eigenvalue weighted by molar-refractivity contribution is 5.37. The summed E-state index contributed by atoms with van der Waals surface area (Å²) in [6, 6.07) is 1.61. The van der Waals surface area contributed by atoms with Crippen LogP contribution in [0.25, 0.3) is 0 Å². The minimum atomic E-state index is -1.24. The van der Waals surface area contributed by atoms with E-state index in [1.165, 1.54) is 0 Å². The predicted octanol–water partition coefficient (Wildman–Crippen LogP) is 1.44. The molecule has 19 heavy (non-hydrogen) atoms. The first-order valence-electron chi connectivity index (χ1n) is 6.73. The van der Waals surface area contributed by atoms with Gasteiger partial charge in [0.15, 0.2) is 0 Å². The van der Waals surface area contributed by atoms with Crippen LogP contribution in [-0.2, 0) is 0 Å². The molecule has 5 nitrogen and oxygen atoms in total. The minimum absolute atomic E-state index is 0.0364. The first kappa shape index (κ1) is 12.7. The van der Waals surface area contributed by atoms with Gasteiger partial charge in [0.25, 0.3) is 0 Å². The summed E-state index contributed by atoms with van der Waals surface area (Å²) in [6.07, 6.45) is 2.11. The van der Waals surface area contributed by atoms with Crippen molar-refractivity contribution in [2.45, 2.75) is 56.8 Å². The lowest BCUT2D eigenvalue weighted by molar-refractivity contribution is -0.145. The average molecular weight is 266 g/mol. The number of aliphatic hydroxyl groups excluding tert-OH is 2. The largest absolute Gasteiger partial charge is 0.484 e. The second-order valence-corrected chi connectivity index (χ2v) is 5.54. The molecule has 2 N–H and O–H groups in total. The van der Waals surface area contributed by atoms with Gasteiger partial charge < -0.3 is 19.4 Å². The van der Waals surface area contributed by atoms with Crippen molar-refractivity contribution in [3.8, 4) is 5.75 Å². The van der Waals surface area contributed by atoms with Gasteiger partial charge in [-0.2, -0.15) is 0 Å². The number of aliphatic hydroxyl groups is 2. The second kappa shape index (κ2) is 4.35. The van der Waals surface area contributed by atoms with Crippen LogP contribution in [0.5, 0.6) is 5.75 Å². The zero-order valence-corrected chi connectivity index (χ0v) is 10.9. The molecule has 5 heteroatoms. The SMILES string of the molecule is Cc1cc2c(c(=O)o1)[C@H](O)[C@H](O)C1(CCCCC1)O2. The molecule has 2 aliphatic rings. The molecule has 0 aromatic carbocycles. The van der Waals surface area contributed by atoms with E-state index in [0.29, 0.717) is 24.4 Å². The molecule has 1 aliphatic carbocycles. The number of aryl methyl sites for hydroxylation is 1. The summed E-state index contributed by atoms with van der Waals surface area (Å²) in [5, 5.41) is 20.6. The maximum atomic E-state index is 11.8. The van der Waals surface area contributed by atoms with E-state index in [9.17, 15) is 15.0 Å². The third-order valence-corrected chi connectivity index (χ3v) is 4.22. The molecule has 0 unspecified atom stereocenters. The maximum absolute atomic E-state index is 11.8. The molecular formula is C14H18O5. The Morgan fingerprint density at radius 3 is 2.63 bits per heavy atom. The van der Waals surface area contributed by atoms with Crippen molar-refractivity contribution >= 4 is 0 Å². The monoisotopic (exact) mass is 266 g/mol. The molecule has 1 saturated carbocycles. The molecule has 1 aromatic rings. The van der Waals surface area contributed by atoms with E-state index in [2.05, 4.69) is 0 Å². The van der Waals surface area contributed by atoms with Gasteiger partial charge in [0, 0.05) is 6.07 Å². The fraction of sp³-hybridized carbons (Fsp3) is 0.643. The molecule has 2 heterocycles. The van der Waals surface area contributed by atoms with Crippen LogP contribution in [0, 0.1) is 6.92 Å². The number of hydrogen-bond donors (Lipinski definition) is 2. The zero-order valence-electron chi connectivity index (χ0n) is 10.9. The van der Waals surface area contributed by atoms with Crippen LogP contribution in [0.2, 0.25) is 0 Å². The quantitative estimate of drug-likeness (QED) is 0.742. The van der Waals surface area contributed by atoms with E-state index < -0.39 is 23.4 Å². The van der Waals surface area contributed by atoms with Crippen LogP contribution >= 0.6 is 0 Å². The Morgan fingerprint density at radius 1 is 1.26 bits per heavy atom. The second-order valence-electron chi connectivity index (χ2n) is 5.54. The predicted molar refractivity (Wildman–Crippen MR) is 67.1 cm³/mol. The third-order valence-electron chi connectivity index (χ3n) is 4.22. The Kier molecular flexibility index (Phi) is 2.91. The summed E-state index contributed by atoms with van der Waals surface area (Å²) < 4.78 is 10.9. The van der Waals surface area contributed by atoms with Crippen LogP contribution in [0.3, 0.4) is 0 Å². The Bertz CT molecular complexity index is 541.